The van der Waals surface area contributed by atoms with Crippen molar-refractivity contribution in [3.63, 3.8) is 0 Å². The first-order chi connectivity index (χ1) is 26.2. The second-order valence-corrected chi connectivity index (χ2v) is 13.4. The van der Waals surface area contributed by atoms with Gasteiger partial charge >= 0.3 is 5.97 Å². The van der Waals surface area contributed by atoms with Crippen molar-refractivity contribution in [3.05, 3.63) is 187 Å². The number of hydrogen-bond donors (Lipinski definition) is 2. The molecular weight excluding hydrogens is 770 g/mol. The predicted octanol–water partition coefficient (Wildman–Crippen LogP) is 11.4. The number of ether oxygens (including phenoxy) is 4. The van der Waals surface area contributed by atoms with E-state index in [1.165, 1.54) is 0 Å². The van der Waals surface area contributed by atoms with Crippen molar-refractivity contribution in [2.45, 2.75) is 39.5 Å². The van der Waals surface area contributed by atoms with Crippen LogP contribution in [0.1, 0.15) is 33.4 Å². The lowest BCUT2D eigenvalue weighted by molar-refractivity contribution is -0.136. The monoisotopic (exact) mass is 804 g/mol. The zero-order valence-electron chi connectivity index (χ0n) is 28.9. The zero-order valence-corrected chi connectivity index (χ0v) is 31.9. The van der Waals surface area contributed by atoms with Gasteiger partial charge in [-0.1, -0.05) is 143 Å². The van der Waals surface area contributed by atoms with Crippen LogP contribution in [0.15, 0.2) is 133 Å². The summed E-state index contributed by atoms with van der Waals surface area (Å²) in [6, 6.07) is 40.3. The van der Waals surface area contributed by atoms with Crippen molar-refractivity contribution in [2.24, 2.45) is 0 Å². The molecule has 54 heavy (non-hydrogen) atoms. The fourth-order valence-electron chi connectivity index (χ4n) is 5.18. The topological polar surface area (TPSA) is 94.5 Å². The first-order valence-corrected chi connectivity index (χ1v) is 18.3. The molecule has 0 aliphatic carbocycles. The van der Waals surface area contributed by atoms with E-state index in [1.54, 1.807) is 42.5 Å². The summed E-state index contributed by atoms with van der Waals surface area (Å²) in [4.78, 5) is 11.2. The van der Waals surface area contributed by atoms with Gasteiger partial charge in [0, 0.05) is 53.5 Å². The average molecular weight is 807 g/mol. The first-order valence-electron chi connectivity index (χ1n) is 16.7. The molecule has 0 amide bonds. The molecule has 0 atom stereocenters. The largest absolute Gasteiger partial charge is 0.485 e. The van der Waals surface area contributed by atoms with Gasteiger partial charge in [0.2, 0.25) is 0 Å². The van der Waals surface area contributed by atoms with E-state index in [1.807, 2.05) is 91.0 Å². The molecule has 0 saturated carbocycles. The number of aliphatic hydroxyl groups is 1. The van der Waals surface area contributed by atoms with Crippen molar-refractivity contribution in [2.75, 3.05) is 0 Å². The lowest BCUT2D eigenvalue weighted by Crippen LogP contribution is -2.07. The summed E-state index contributed by atoms with van der Waals surface area (Å²) in [6.07, 6.45) is -0.179. The molecule has 0 bridgehead atoms. The average Bonchev–Trinajstić information content (AvgIpc) is 3.17. The summed E-state index contributed by atoms with van der Waals surface area (Å²) in [5.74, 6) is 0.930. The molecule has 2 N–H and O–H groups in total. The number of aliphatic hydroxyl groups excluding tert-OH is 1. The second kappa shape index (κ2) is 20.5. The summed E-state index contributed by atoms with van der Waals surface area (Å²) < 4.78 is 23.7. The third-order valence-corrected chi connectivity index (χ3v) is 9.45. The Labute approximate surface area is 334 Å². The van der Waals surface area contributed by atoms with Crippen LogP contribution in [0.4, 0.5) is 0 Å². The highest BCUT2D eigenvalue weighted by atomic mass is 35.5. The summed E-state index contributed by atoms with van der Waals surface area (Å²) in [7, 11) is 0. The normalized spacial score (nSPS) is 10.5. The van der Waals surface area contributed by atoms with Crippen LogP contribution in [-0.4, -0.2) is 16.2 Å². The molecule has 6 rings (SSSR count). The maximum Gasteiger partial charge on any atom is 0.307 e. The second-order valence-electron chi connectivity index (χ2n) is 11.7. The van der Waals surface area contributed by atoms with Gasteiger partial charge in [-0.25, -0.2) is 0 Å². The van der Waals surface area contributed by atoms with Crippen molar-refractivity contribution in [1.82, 2.24) is 0 Å². The Hall–Kier alpha value is -4.89. The first kappa shape index (κ1) is 40.3. The number of halogens is 4. The highest BCUT2D eigenvalue weighted by Crippen LogP contribution is 2.35. The van der Waals surface area contributed by atoms with Crippen LogP contribution in [0.2, 0.25) is 20.1 Å². The van der Waals surface area contributed by atoms with Crippen LogP contribution in [0.5, 0.6) is 23.0 Å². The van der Waals surface area contributed by atoms with Gasteiger partial charge in [0.1, 0.15) is 26.4 Å². The van der Waals surface area contributed by atoms with Gasteiger partial charge in [-0.05, 0) is 36.4 Å². The number of rotatable bonds is 15. The van der Waals surface area contributed by atoms with Crippen molar-refractivity contribution in [3.8, 4) is 23.0 Å². The Bertz CT molecular complexity index is 2160. The number of carboxylic acids is 1. The molecule has 6 aromatic rings. The lowest BCUT2D eigenvalue weighted by Gasteiger charge is -2.17. The molecule has 0 saturated heterocycles. The Morgan fingerprint density at radius 1 is 0.426 bits per heavy atom. The van der Waals surface area contributed by atoms with Crippen LogP contribution in [0.3, 0.4) is 0 Å². The lowest BCUT2D eigenvalue weighted by atomic mass is 10.1. The third kappa shape index (κ3) is 11.6. The van der Waals surface area contributed by atoms with Crippen LogP contribution < -0.4 is 18.9 Å². The maximum absolute atomic E-state index is 11.2. The number of aliphatic carboxylic acids is 1. The number of benzene rings is 6. The SMILES string of the molecule is O=C(O)Cc1cccc(OCc2ccccc2Cl)c1OCc1ccccc1Cl.OCc1cccc(OCc2ccccc2Cl)c1OCc1ccccc1Cl. The van der Waals surface area contributed by atoms with Gasteiger partial charge in [-0.15, -0.1) is 0 Å². The van der Waals surface area contributed by atoms with E-state index >= 15 is 0 Å². The van der Waals surface area contributed by atoms with E-state index in [4.69, 9.17) is 65.4 Å². The van der Waals surface area contributed by atoms with E-state index in [-0.39, 0.29) is 32.8 Å². The molecule has 0 aliphatic rings. The van der Waals surface area contributed by atoms with E-state index < -0.39 is 5.97 Å². The predicted molar refractivity (Wildman–Crippen MR) is 213 cm³/mol. The molecule has 0 spiro atoms. The molecule has 0 aliphatic heterocycles. The van der Waals surface area contributed by atoms with Crippen LogP contribution >= 0.6 is 46.4 Å². The number of para-hydroxylation sites is 2. The minimum atomic E-state index is -0.953. The molecule has 278 valence electrons. The van der Waals surface area contributed by atoms with Gasteiger partial charge in [0.15, 0.2) is 23.0 Å². The van der Waals surface area contributed by atoms with E-state index in [9.17, 15) is 15.0 Å². The molecule has 11 heteroatoms. The van der Waals surface area contributed by atoms with Crippen LogP contribution in [-0.2, 0) is 44.2 Å². The van der Waals surface area contributed by atoms with Crippen LogP contribution in [0, 0.1) is 0 Å². The molecule has 7 nitrogen and oxygen atoms in total. The number of carbonyl (C=O) groups is 1. The number of carboxylic acid groups (broad SMARTS) is 1. The molecule has 6 aromatic carbocycles. The summed E-state index contributed by atoms with van der Waals surface area (Å²) >= 11 is 24.7. The number of hydrogen-bond acceptors (Lipinski definition) is 6. The highest BCUT2D eigenvalue weighted by Gasteiger charge is 2.16. The smallest absolute Gasteiger partial charge is 0.307 e. The quantitative estimate of drug-likeness (QED) is 0.107. The highest BCUT2D eigenvalue weighted by molar-refractivity contribution is 6.32. The zero-order chi connectivity index (χ0) is 38.3. The molecule has 0 aromatic heterocycles. The molecule has 0 heterocycles. The Morgan fingerprint density at radius 2 is 0.741 bits per heavy atom. The van der Waals surface area contributed by atoms with Crippen molar-refractivity contribution in [1.29, 1.82) is 0 Å². The standard InChI is InChI=1S/C22H18Cl2O4.C21H18Cl2O3/c23-18-9-3-1-6-16(18)13-27-20-11-5-8-15(12-21(25)26)22(20)28-14-17-7-2-4-10-19(17)24;22-18-9-3-1-6-16(18)13-25-20-11-5-8-15(12-24)21(20)26-14-17-7-2-4-10-19(17)23/h1-11H,12-14H2,(H,25,26);1-11,24H,12-14H2. The fourth-order valence-corrected chi connectivity index (χ4v) is 5.94. The maximum atomic E-state index is 11.2. The van der Waals surface area contributed by atoms with Crippen LogP contribution in [0.25, 0.3) is 0 Å². The molecule has 0 fully saturated rings. The van der Waals surface area contributed by atoms with Gasteiger partial charge < -0.3 is 29.2 Å². The third-order valence-electron chi connectivity index (χ3n) is 7.97. The van der Waals surface area contributed by atoms with Gasteiger partial charge in [-0.3, -0.25) is 4.79 Å². The Kier molecular flexibility index (Phi) is 15.3. The minimum absolute atomic E-state index is 0.152. The van der Waals surface area contributed by atoms with Gasteiger partial charge in [0.05, 0.1) is 13.0 Å². The van der Waals surface area contributed by atoms with E-state index in [0.29, 0.717) is 60.8 Å². The Balaban J connectivity index is 0.000000208. The molecular formula is C43H36Cl4O7. The molecule has 0 unspecified atom stereocenters. The summed E-state index contributed by atoms with van der Waals surface area (Å²) in [5, 5.41) is 21.3. The van der Waals surface area contributed by atoms with Crippen molar-refractivity contribution < 1.29 is 34.0 Å². The van der Waals surface area contributed by atoms with E-state index in [2.05, 4.69) is 0 Å². The van der Waals surface area contributed by atoms with Gasteiger partial charge in [0.25, 0.3) is 0 Å². The summed E-state index contributed by atoms with van der Waals surface area (Å²) in [6.45, 7) is 0.856. The Morgan fingerprint density at radius 3 is 1.09 bits per heavy atom. The minimum Gasteiger partial charge on any atom is -0.485 e. The molecule has 0 radical (unpaired) electrons. The van der Waals surface area contributed by atoms with Gasteiger partial charge in [-0.2, -0.15) is 0 Å². The van der Waals surface area contributed by atoms with Crippen molar-refractivity contribution >= 4 is 52.4 Å². The summed E-state index contributed by atoms with van der Waals surface area (Å²) in [5.41, 5.74) is 4.53. The fraction of sp³-hybridized carbons (Fsp3) is 0.140. The van der Waals surface area contributed by atoms with E-state index in [0.717, 1.165) is 22.3 Å².